The first kappa shape index (κ1) is 14.6. The van der Waals surface area contributed by atoms with E-state index in [1.165, 1.54) is 30.4 Å². The van der Waals surface area contributed by atoms with E-state index in [0.29, 0.717) is 23.4 Å². The van der Waals surface area contributed by atoms with Crippen molar-refractivity contribution in [2.24, 2.45) is 5.92 Å². The number of hydrogen-bond acceptors (Lipinski definition) is 2. The van der Waals surface area contributed by atoms with Crippen molar-refractivity contribution in [2.75, 3.05) is 11.5 Å². The minimum atomic E-state index is 0.423. The Morgan fingerprint density at radius 1 is 1.37 bits per heavy atom. The topological polar surface area (TPSA) is 17.1 Å². The average molecular weight is 276 g/mol. The first-order valence-electron chi connectivity index (χ1n) is 7.34. The number of rotatable bonds is 6. The Morgan fingerprint density at radius 2 is 2.16 bits per heavy atom. The van der Waals surface area contributed by atoms with Crippen molar-refractivity contribution in [3.05, 3.63) is 35.4 Å². The van der Waals surface area contributed by atoms with Gasteiger partial charge in [-0.15, -0.1) is 0 Å². The zero-order valence-corrected chi connectivity index (χ0v) is 12.8. The van der Waals surface area contributed by atoms with Crippen LogP contribution < -0.4 is 0 Å². The molecule has 1 atom stereocenters. The van der Waals surface area contributed by atoms with Crippen molar-refractivity contribution < 1.29 is 4.79 Å². The van der Waals surface area contributed by atoms with Crippen LogP contribution in [0, 0.1) is 5.92 Å². The van der Waals surface area contributed by atoms with Crippen LogP contribution >= 0.6 is 11.8 Å². The number of benzene rings is 1. The van der Waals surface area contributed by atoms with Gasteiger partial charge in [0.2, 0.25) is 0 Å². The lowest BCUT2D eigenvalue weighted by Crippen LogP contribution is -2.15. The summed E-state index contributed by atoms with van der Waals surface area (Å²) in [4.78, 5) is 12.1. The van der Waals surface area contributed by atoms with Crippen LogP contribution in [0.4, 0.5) is 0 Å². The number of aryl methyl sites for hydroxylation is 1. The van der Waals surface area contributed by atoms with Gasteiger partial charge < -0.3 is 0 Å². The van der Waals surface area contributed by atoms with Gasteiger partial charge in [-0.3, -0.25) is 4.79 Å². The highest BCUT2D eigenvalue weighted by atomic mass is 32.2. The van der Waals surface area contributed by atoms with Gasteiger partial charge in [-0.25, -0.2) is 0 Å². The van der Waals surface area contributed by atoms with Gasteiger partial charge in [0.25, 0.3) is 0 Å². The molecule has 1 nitrogen and oxygen atoms in total. The highest BCUT2D eigenvalue weighted by molar-refractivity contribution is 7.99. The van der Waals surface area contributed by atoms with Gasteiger partial charge in [0.1, 0.15) is 5.78 Å². The summed E-state index contributed by atoms with van der Waals surface area (Å²) in [6.45, 7) is 4.41. The van der Waals surface area contributed by atoms with Crippen LogP contribution in [-0.2, 0) is 11.2 Å². The van der Waals surface area contributed by atoms with Crippen LogP contribution in [0.2, 0.25) is 0 Å². The Morgan fingerprint density at radius 3 is 2.95 bits per heavy atom. The summed E-state index contributed by atoms with van der Waals surface area (Å²) >= 11 is 1.79. The van der Waals surface area contributed by atoms with Gasteiger partial charge >= 0.3 is 0 Å². The van der Waals surface area contributed by atoms with E-state index in [1.54, 1.807) is 11.8 Å². The van der Waals surface area contributed by atoms with Gasteiger partial charge in [-0.2, -0.15) is 11.8 Å². The number of carbonyl (C=O) groups excluding carboxylic acids is 1. The minimum Gasteiger partial charge on any atom is -0.299 e. The SMILES string of the molecule is CC(C)CSCC(=O)CC1CCCc2ccccc21. The first-order chi connectivity index (χ1) is 9.16. The molecule has 1 aromatic rings. The monoisotopic (exact) mass is 276 g/mol. The molecule has 1 aromatic carbocycles. The largest absolute Gasteiger partial charge is 0.299 e. The van der Waals surface area contributed by atoms with Crippen LogP contribution in [0.5, 0.6) is 0 Å². The predicted molar refractivity (Wildman–Crippen MR) is 83.9 cm³/mol. The smallest absolute Gasteiger partial charge is 0.143 e. The number of Topliss-reactive ketones (excluding diaryl/α,β-unsaturated/α-hetero) is 1. The van der Waals surface area contributed by atoms with Crippen LogP contribution in [0.15, 0.2) is 24.3 Å². The molecule has 0 saturated carbocycles. The fourth-order valence-electron chi connectivity index (χ4n) is 2.81. The van der Waals surface area contributed by atoms with E-state index in [4.69, 9.17) is 0 Å². The van der Waals surface area contributed by atoms with E-state index >= 15 is 0 Å². The zero-order valence-electron chi connectivity index (χ0n) is 12.0. The number of thioether (sulfide) groups is 1. The Balaban J connectivity index is 1.88. The maximum atomic E-state index is 12.1. The van der Waals surface area contributed by atoms with Crippen LogP contribution in [0.1, 0.15) is 50.2 Å². The van der Waals surface area contributed by atoms with Crippen molar-refractivity contribution in [2.45, 2.75) is 45.4 Å². The van der Waals surface area contributed by atoms with E-state index in [9.17, 15) is 4.79 Å². The maximum Gasteiger partial charge on any atom is 0.143 e. The lowest BCUT2D eigenvalue weighted by atomic mass is 9.80. The second-order valence-corrected chi connectivity index (χ2v) is 6.97. The predicted octanol–water partition coefficient (Wildman–Crippen LogP) is 4.45. The highest BCUT2D eigenvalue weighted by Crippen LogP contribution is 2.34. The van der Waals surface area contributed by atoms with Gasteiger partial charge in [0, 0.05) is 6.42 Å². The Bertz CT molecular complexity index is 425. The van der Waals surface area contributed by atoms with E-state index in [2.05, 4.69) is 38.1 Å². The zero-order chi connectivity index (χ0) is 13.7. The molecule has 1 aliphatic carbocycles. The molecule has 1 unspecified atom stereocenters. The quantitative estimate of drug-likeness (QED) is 0.763. The van der Waals surface area contributed by atoms with Gasteiger partial charge in [0.15, 0.2) is 0 Å². The highest BCUT2D eigenvalue weighted by Gasteiger charge is 2.21. The molecule has 0 N–H and O–H groups in total. The Kier molecular flexibility index (Phi) is 5.50. The summed E-state index contributed by atoms with van der Waals surface area (Å²) in [6.07, 6.45) is 4.33. The molecule has 1 aliphatic rings. The average Bonchev–Trinajstić information content (AvgIpc) is 2.39. The minimum absolute atomic E-state index is 0.423. The van der Waals surface area contributed by atoms with Gasteiger partial charge in [-0.05, 0) is 48.0 Å². The molecule has 0 spiro atoms. The number of ketones is 1. The van der Waals surface area contributed by atoms with Crippen molar-refractivity contribution in [1.29, 1.82) is 0 Å². The molecule has 2 heteroatoms. The normalized spacial score (nSPS) is 18.4. The van der Waals surface area contributed by atoms with E-state index in [-0.39, 0.29) is 0 Å². The fraction of sp³-hybridized carbons (Fsp3) is 0.588. The molecule has 0 fully saturated rings. The molecule has 0 amide bonds. The molecule has 0 aliphatic heterocycles. The molecule has 2 rings (SSSR count). The first-order valence-corrected chi connectivity index (χ1v) is 8.49. The summed E-state index contributed by atoms with van der Waals surface area (Å²) in [5.41, 5.74) is 2.89. The van der Waals surface area contributed by atoms with E-state index in [0.717, 1.165) is 12.2 Å². The summed E-state index contributed by atoms with van der Waals surface area (Å²) in [5, 5.41) is 0. The Labute approximate surface area is 121 Å². The lowest BCUT2D eigenvalue weighted by Gasteiger charge is -2.24. The summed E-state index contributed by atoms with van der Waals surface area (Å²) in [7, 11) is 0. The molecule has 0 heterocycles. The molecule has 19 heavy (non-hydrogen) atoms. The van der Waals surface area contributed by atoms with Crippen molar-refractivity contribution in [3.8, 4) is 0 Å². The van der Waals surface area contributed by atoms with Crippen molar-refractivity contribution in [3.63, 3.8) is 0 Å². The Hall–Kier alpha value is -0.760. The van der Waals surface area contributed by atoms with Crippen molar-refractivity contribution in [1.82, 2.24) is 0 Å². The molecule has 0 radical (unpaired) electrons. The molecular weight excluding hydrogens is 252 g/mol. The molecular formula is C17H24OS. The van der Waals surface area contributed by atoms with Crippen LogP contribution in [0.3, 0.4) is 0 Å². The van der Waals surface area contributed by atoms with Crippen LogP contribution in [-0.4, -0.2) is 17.3 Å². The third-order valence-corrected chi connectivity index (χ3v) is 5.11. The maximum absolute atomic E-state index is 12.1. The molecule has 0 bridgehead atoms. The van der Waals surface area contributed by atoms with E-state index < -0.39 is 0 Å². The van der Waals surface area contributed by atoms with Crippen LogP contribution in [0.25, 0.3) is 0 Å². The number of hydrogen-bond donors (Lipinski definition) is 0. The number of fused-ring (bicyclic) bond motifs is 1. The summed E-state index contributed by atoms with van der Waals surface area (Å²) in [5.74, 6) is 3.35. The third kappa shape index (κ3) is 4.38. The molecule has 0 aromatic heterocycles. The molecule has 104 valence electrons. The summed E-state index contributed by atoms with van der Waals surface area (Å²) in [6, 6.07) is 8.66. The second-order valence-electron chi connectivity index (χ2n) is 5.94. The number of carbonyl (C=O) groups is 1. The second kappa shape index (κ2) is 7.14. The molecule has 0 saturated heterocycles. The third-order valence-electron chi connectivity index (χ3n) is 3.68. The lowest BCUT2D eigenvalue weighted by molar-refractivity contribution is -0.117. The van der Waals surface area contributed by atoms with E-state index in [1.807, 2.05) is 0 Å². The van der Waals surface area contributed by atoms with Crippen molar-refractivity contribution >= 4 is 17.5 Å². The standard InChI is InChI=1S/C17H24OS/c1-13(2)11-19-12-16(18)10-15-8-5-7-14-6-3-4-9-17(14)15/h3-4,6,9,13,15H,5,7-8,10-12H2,1-2H3. The fourth-order valence-corrected chi connectivity index (χ4v) is 3.74. The van der Waals surface area contributed by atoms with Gasteiger partial charge in [-0.1, -0.05) is 38.1 Å². The van der Waals surface area contributed by atoms with Gasteiger partial charge in [0.05, 0.1) is 5.75 Å². The summed E-state index contributed by atoms with van der Waals surface area (Å²) < 4.78 is 0.